The monoisotopic (exact) mass is 280 g/mol. The van der Waals surface area contributed by atoms with E-state index in [0.29, 0.717) is 22.4 Å². The summed E-state index contributed by atoms with van der Waals surface area (Å²) in [6.07, 6.45) is -2.31. The van der Waals surface area contributed by atoms with Crippen molar-refractivity contribution in [2.24, 2.45) is 5.92 Å². The summed E-state index contributed by atoms with van der Waals surface area (Å²) in [4.78, 5) is 1.90. The van der Waals surface area contributed by atoms with E-state index in [-0.39, 0.29) is 0 Å². The predicted molar refractivity (Wildman–Crippen MR) is 63.8 cm³/mol. The van der Waals surface area contributed by atoms with Crippen molar-refractivity contribution in [1.82, 2.24) is 15.5 Å². The number of hydrogen-bond acceptors (Lipinski definition) is 5. The summed E-state index contributed by atoms with van der Waals surface area (Å²) in [5.41, 5.74) is 0. The standard InChI is InChI=1S/C10H15F3N4S/c1-14-5-7-3-2-4-17(6-7)9-16-15-8(18-9)10(11,12)13/h7,14H,2-6H2,1H3. The highest BCUT2D eigenvalue weighted by Crippen LogP contribution is 2.35. The van der Waals surface area contributed by atoms with Crippen molar-refractivity contribution in [1.29, 1.82) is 0 Å². The molecule has 1 atom stereocenters. The summed E-state index contributed by atoms with van der Waals surface area (Å²) < 4.78 is 37.3. The lowest BCUT2D eigenvalue weighted by atomic mass is 9.98. The fourth-order valence-corrected chi connectivity index (χ4v) is 2.90. The molecule has 1 aromatic rings. The van der Waals surface area contributed by atoms with Crippen LogP contribution in [0.4, 0.5) is 18.3 Å². The maximum absolute atomic E-state index is 12.4. The first kappa shape index (κ1) is 13.5. The Morgan fingerprint density at radius 2 is 2.22 bits per heavy atom. The van der Waals surface area contributed by atoms with E-state index in [0.717, 1.165) is 32.5 Å². The fourth-order valence-electron chi connectivity index (χ4n) is 2.15. The first-order valence-electron chi connectivity index (χ1n) is 5.81. The minimum absolute atomic E-state index is 0.378. The van der Waals surface area contributed by atoms with Crippen molar-refractivity contribution in [3.05, 3.63) is 5.01 Å². The highest BCUT2D eigenvalue weighted by atomic mass is 32.1. The molecule has 0 bridgehead atoms. The van der Waals surface area contributed by atoms with Crippen molar-refractivity contribution in [2.45, 2.75) is 19.0 Å². The fraction of sp³-hybridized carbons (Fsp3) is 0.800. The Morgan fingerprint density at radius 1 is 1.44 bits per heavy atom. The van der Waals surface area contributed by atoms with Crippen LogP contribution in [-0.2, 0) is 6.18 Å². The number of anilines is 1. The summed E-state index contributed by atoms with van der Waals surface area (Å²) in [6.45, 7) is 2.38. The van der Waals surface area contributed by atoms with E-state index in [1.807, 2.05) is 11.9 Å². The molecule has 102 valence electrons. The van der Waals surface area contributed by atoms with E-state index in [2.05, 4.69) is 15.5 Å². The van der Waals surface area contributed by atoms with Crippen LogP contribution in [0.25, 0.3) is 0 Å². The number of piperidine rings is 1. The van der Waals surface area contributed by atoms with Crippen LogP contribution in [0.5, 0.6) is 0 Å². The molecule has 0 radical (unpaired) electrons. The van der Waals surface area contributed by atoms with Gasteiger partial charge in [-0.3, -0.25) is 0 Å². The van der Waals surface area contributed by atoms with Gasteiger partial charge in [0.15, 0.2) is 0 Å². The molecule has 1 unspecified atom stereocenters. The van der Waals surface area contributed by atoms with Gasteiger partial charge in [-0.05, 0) is 32.4 Å². The molecule has 1 N–H and O–H groups in total. The van der Waals surface area contributed by atoms with E-state index in [4.69, 9.17) is 0 Å². The molecular weight excluding hydrogens is 265 g/mol. The zero-order valence-electron chi connectivity index (χ0n) is 10.00. The predicted octanol–water partition coefficient (Wildman–Crippen LogP) is 1.99. The van der Waals surface area contributed by atoms with E-state index in [1.165, 1.54) is 0 Å². The van der Waals surface area contributed by atoms with Gasteiger partial charge < -0.3 is 10.2 Å². The van der Waals surface area contributed by atoms with Crippen molar-refractivity contribution in [3.63, 3.8) is 0 Å². The normalized spacial score (nSPS) is 21.3. The molecule has 0 aliphatic carbocycles. The molecule has 8 heteroatoms. The first-order valence-corrected chi connectivity index (χ1v) is 6.62. The lowest BCUT2D eigenvalue weighted by molar-refractivity contribution is -0.138. The number of alkyl halides is 3. The molecule has 1 aliphatic heterocycles. The summed E-state index contributed by atoms with van der Waals surface area (Å²) in [5, 5.41) is 9.48. The van der Waals surface area contributed by atoms with Crippen LogP contribution >= 0.6 is 11.3 Å². The Kier molecular flexibility index (Phi) is 4.06. The van der Waals surface area contributed by atoms with Crippen molar-refractivity contribution < 1.29 is 13.2 Å². The van der Waals surface area contributed by atoms with Gasteiger partial charge in [-0.15, -0.1) is 10.2 Å². The van der Waals surface area contributed by atoms with Gasteiger partial charge >= 0.3 is 6.18 Å². The number of rotatable bonds is 3. The lowest BCUT2D eigenvalue weighted by Crippen LogP contribution is -2.39. The molecular formula is C10H15F3N4S. The number of aromatic nitrogens is 2. The van der Waals surface area contributed by atoms with Crippen LogP contribution in [0.1, 0.15) is 17.8 Å². The summed E-state index contributed by atoms with van der Waals surface area (Å²) in [5.74, 6) is 0.460. The second kappa shape index (κ2) is 5.40. The molecule has 2 rings (SSSR count). The van der Waals surface area contributed by atoms with Crippen molar-refractivity contribution in [2.75, 3.05) is 31.6 Å². The maximum Gasteiger partial charge on any atom is 0.445 e. The van der Waals surface area contributed by atoms with Gasteiger partial charge in [0.1, 0.15) is 0 Å². The molecule has 4 nitrogen and oxygen atoms in total. The first-order chi connectivity index (χ1) is 8.50. The third-order valence-electron chi connectivity index (χ3n) is 2.94. The van der Waals surface area contributed by atoms with Crippen LogP contribution in [0.2, 0.25) is 0 Å². The zero-order chi connectivity index (χ0) is 13.2. The lowest BCUT2D eigenvalue weighted by Gasteiger charge is -2.32. The molecule has 0 saturated carbocycles. The number of nitrogens with zero attached hydrogens (tertiary/aromatic N) is 3. The average molecular weight is 280 g/mol. The Labute approximate surface area is 107 Å². The molecule has 0 aromatic carbocycles. The quantitative estimate of drug-likeness (QED) is 0.919. The Bertz CT molecular complexity index is 391. The summed E-state index contributed by atoms with van der Waals surface area (Å²) >= 11 is 0.625. The number of hydrogen-bond donors (Lipinski definition) is 1. The Hall–Kier alpha value is -0.890. The van der Waals surface area contributed by atoms with Crippen LogP contribution in [0, 0.1) is 5.92 Å². The second-order valence-corrected chi connectivity index (χ2v) is 5.36. The van der Waals surface area contributed by atoms with Gasteiger partial charge in [-0.2, -0.15) is 13.2 Å². The van der Waals surface area contributed by atoms with Crippen LogP contribution in [-0.4, -0.2) is 36.9 Å². The molecule has 0 amide bonds. The average Bonchev–Trinajstić information content (AvgIpc) is 2.78. The smallest absolute Gasteiger partial charge is 0.346 e. The van der Waals surface area contributed by atoms with Gasteiger partial charge in [0, 0.05) is 13.1 Å². The van der Waals surface area contributed by atoms with Gasteiger partial charge in [0.25, 0.3) is 0 Å². The molecule has 1 saturated heterocycles. The van der Waals surface area contributed by atoms with E-state index in [1.54, 1.807) is 0 Å². The minimum atomic E-state index is -4.39. The van der Waals surface area contributed by atoms with Gasteiger partial charge in [0.2, 0.25) is 10.1 Å². The van der Waals surface area contributed by atoms with Gasteiger partial charge in [0.05, 0.1) is 0 Å². The van der Waals surface area contributed by atoms with Crippen LogP contribution in [0.3, 0.4) is 0 Å². The minimum Gasteiger partial charge on any atom is -0.346 e. The second-order valence-electron chi connectivity index (χ2n) is 4.40. The van der Waals surface area contributed by atoms with Gasteiger partial charge in [-0.25, -0.2) is 0 Å². The van der Waals surface area contributed by atoms with Gasteiger partial charge in [-0.1, -0.05) is 11.3 Å². The summed E-state index contributed by atoms with van der Waals surface area (Å²) in [7, 11) is 1.88. The Balaban J connectivity index is 2.05. The molecule has 0 spiro atoms. The third kappa shape index (κ3) is 3.11. The van der Waals surface area contributed by atoms with E-state index < -0.39 is 11.2 Å². The third-order valence-corrected chi connectivity index (χ3v) is 3.97. The van der Waals surface area contributed by atoms with Crippen molar-refractivity contribution >= 4 is 16.5 Å². The molecule has 1 aromatic heterocycles. The highest BCUT2D eigenvalue weighted by molar-refractivity contribution is 7.15. The van der Waals surface area contributed by atoms with Crippen LogP contribution in [0.15, 0.2) is 0 Å². The zero-order valence-corrected chi connectivity index (χ0v) is 10.8. The largest absolute Gasteiger partial charge is 0.445 e. The highest BCUT2D eigenvalue weighted by Gasteiger charge is 2.36. The molecule has 1 aliphatic rings. The van der Waals surface area contributed by atoms with E-state index in [9.17, 15) is 13.2 Å². The molecule has 18 heavy (non-hydrogen) atoms. The molecule has 2 heterocycles. The summed E-state index contributed by atoms with van der Waals surface area (Å²) in [6, 6.07) is 0. The van der Waals surface area contributed by atoms with Crippen molar-refractivity contribution in [3.8, 4) is 0 Å². The number of halogens is 3. The van der Waals surface area contributed by atoms with E-state index >= 15 is 0 Å². The topological polar surface area (TPSA) is 41.0 Å². The number of nitrogens with one attached hydrogen (secondary N) is 1. The maximum atomic E-state index is 12.4. The Morgan fingerprint density at radius 3 is 2.83 bits per heavy atom. The SMILES string of the molecule is CNCC1CCCN(c2nnc(C(F)(F)F)s2)C1. The molecule has 1 fully saturated rings. The van der Waals surface area contributed by atoms with Crippen LogP contribution < -0.4 is 10.2 Å².